The van der Waals surface area contributed by atoms with Crippen LogP contribution in [0.4, 0.5) is 0 Å². The quantitative estimate of drug-likeness (QED) is 0.755. The first kappa shape index (κ1) is 17.3. The Labute approximate surface area is 158 Å². The van der Waals surface area contributed by atoms with Gasteiger partial charge in [-0.15, -0.1) is 0 Å². The van der Waals surface area contributed by atoms with Crippen LogP contribution in [0, 0.1) is 0 Å². The van der Waals surface area contributed by atoms with Crippen LogP contribution in [0.1, 0.15) is 36.0 Å². The summed E-state index contributed by atoms with van der Waals surface area (Å²) in [7, 11) is 0. The van der Waals surface area contributed by atoms with Crippen LogP contribution in [0.3, 0.4) is 0 Å². The van der Waals surface area contributed by atoms with Crippen molar-refractivity contribution in [2.24, 2.45) is 0 Å². The van der Waals surface area contributed by atoms with Crippen LogP contribution in [0.5, 0.6) is 5.88 Å². The molecule has 0 saturated heterocycles. The van der Waals surface area contributed by atoms with Crippen LogP contribution < -0.4 is 10.1 Å². The molecule has 0 atom stereocenters. The molecule has 1 aromatic carbocycles. The molecule has 4 rings (SSSR count). The molecule has 6 nitrogen and oxygen atoms in total. The van der Waals surface area contributed by atoms with Crippen LogP contribution in [-0.4, -0.2) is 32.6 Å². The highest BCUT2D eigenvalue weighted by Gasteiger charge is 2.24. The van der Waals surface area contributed by atoms with E-state index in [1.54, 1.807) is 18.6 Å². The first-order valence-electron chi connectivity index (χ1n) is 9.25. The topological polar surface area (TPSA) is 69.0 Å². The van der Waals surface area contributed by atoms with Crippen LogP contribution in [0.2, 0.25) is 0 Å². The predicted molar refractivity (Wildman–Crippen MR) is 102 cm³/mol. The van der Waals surface area contributed by atoms with E-state index in [4.69, 9.17) is 4.74 Å². The molecule has 6 heteroatoms. The van der Waals surface area contributed by atoms with Gasteiger partial charge < -0.3 is 14.6 Å². The van der Waals surface area contributed by atoms with Crippen molar-refractivity contribution in [1.82, 2.24) is 19.9 Å². The molecule has 138 valence electrons. The van der Waals surface area contributed by atoms with Gasteiger partial charge >= 0.3 is 0 Å². The largest absolute Gasteiger partial charge is 0.473 e. The van der Waals surface area contributed by atoms with Crippen LogP contribution >= 0.6 is 0 Å². The molecule has 1 aliphatic carbocycles. The Bertz CT molecular complexity index is 855. The van der Waals surface area contributed by atoms with E-state index in [1.165, 1.54) is 0 Å². The number of rotatable bonds is 5. The molecule has 0 bridgehead atoms. The van der Waals surface area contributed by atoms with Crippen LogP contribution in [-0.2, 0) is 0 Å². The summed E-state index contributed by atoms with van der Waals surface area (Å²) in [6, 6.07) is 11.8. The molecule has 1 amide bonds. The minimum Gasteiger partial charge on any atom is -0.473 e. The van der Waals surface area contributed by atoms with Gasteiger partial charge in [-0.3, -0.25) is 9.78 Å². The smallest absolute Gasteiger partial charge is 0.251 e. The lowest BCUT2D eigenvalue weighted by Gasteiger charge is -2.29. The van der Waals surface area contributed by atoms with Gasteiger partial charge in [0.15, 0.2) is 0 Å². The van der Waals surface area contributed by atoms with E-state index in [-0.39, 0.29) is 18.1 Å². The molecule has 0 spiro atoms. The van der Waals surface area contributed by atoms with E-state index < -0.39 is 0 Å². The summed E-state index contributed by atoms with van der Waals surface area (Å²) < 4.78 is 7.87. The summed E-state index contributed by atoms with van der Waals surface area (Å²) in [6.45, 7) is 0. The zero-order valence-electron chi connectivity index (χ0n) is 15.0. The number of carbonyl (C=O) groups is 1. The molecule has 27 heavy (non-hydrogen) atoms. The number of ether oxygens (including phenoxy) is 1. The minimum atomic E-state index is -0.0210. The average molecular weight is 362 g/mol. The Kier molecular flexibility index (Phi) is 5.14. The van der Waals surface area contributed by atoms with Gasteiger partial charge in [0.25, 0.3) is 5.91 Å². The summed E-state index contributed by atoms with van der Waals surface area (Å²) in [5, 5.41) is 3.14. The second kappa shape index (κ2) is 8.03. The molecule has 1 saturated carbocycles. The minimum absolute atomic E-state index is 0.0210. The molecule has 0 unspecified atom stereocenters. The molecular weight excluding hydrogens is 340 g/mol. The van der Waals surface area contributed by atoms with Gasteiger partial charge in [-0.25, -0.2) is 4.98 Å². The fraction of sp³-hybridized carbons (Fsp3) is 0.286. The molecule has 0 radical (unpaired) electrons. The van der Waals surface area contributed by atoms with Gasteiger partial charge in [0.2, 0.25) is 5.88 Å². The average Bonchev–Trinajstić information content (AvgIpc) is 3.25. The molecule has 2 aromatic heterocycles. The Morgan fingerprint density at radius 3 is 2.44 bits per heavy atom. The molecule has 0 aliphatic heterocycles. The van der Waals surface area contributed by atoms with Crippen molar-refractivity contribution in [2.45, 2.75) is 37.8 Å². The van der Waals surface area contributed by atoms with E-state index in [2.05, 4.69) is 15.3 Å². The Morgan fingerprint density at radius 1 is 1.04 bits per heavy atom. The van der Waals surface area contributed by atoms with E-state index in [0.29, 0.717) is 11.4 Å². The zero-order chi connectivity index (χ0) is 18.5. The van der Waals surface area contributed by atoms with Crippen molar-refractivity contribution < 1.29 is 9.53 Å². The first-order chi connectivity index (χ1) is 13.3. The standard InChI is InChI=1S/C21H22N4O2/c26-21(16-3-7-18(8-4-16)25-13-1-2-14-25)24-17-5-9-19(10-6-17)27-20-15-22-11-12-23-20/h1-4,7-8,11-15,17,19H,5-6,9-10H2,(H,24,26). The third-order valence-electron chi connectivity index (χ3n) is 4.87. The van der Waals surface area contributed by atoms with Crippen LogP contribution in [0.25, 0.3) is 5.69 Å². The summed E-state index contributed by atoms with van der Waals surface area (Å²) in [5.41, 5.74) is 1.72. The number of hydrogen-bond acceptors (Lipinski definition) is 4. The lowest BCUT2D eigenvalue weighted by Crippen LogP contribution is -2.39. The number of hydrogen-bond donors (Lipinski definition) is 1. The van der Waals surface area contributed by atoms with Gasteiger partial charge in [-0.2, -0.15) is 0 Å². The number of nitrogens with zero attached hydrogens (tertiary/aromatic N) is 3. The maximum Gasteiger partial charge on any atom is 0.251 e. The fourth-order valence-electron chi connectivity index (χ4n) is 3.40. The number of aromatic nitrogens is 3. The zero-order valence-corrected chi connectivity index (χ0v) is 15.0. The maximum absolute atomic E-state index is 12.5. The van der Waals surface area contributed by atoms with Crippen molar-refractivity contribution in [1.29, 1.82) is 0 Å². The predicted octanol–water partition coefficient (Wildman–Crippen LogP) is 3.39. The van der Waals surface area contributed by atoms with Crippen LogP contribution in [0.15, 0.2) is 67.4 Å². The summed E-state index contributed by atoms with van der Waals surface area (Å²) in [4.78, 5) is 20.7. The third kappa shape index (κ3) is 4.34. The Hall–Kier alpha value is -3.15. The monoisotopic (exact) mass is 362 g/mol. The molecule has 1 aliphatic rings. The van der Waals surface area contributed by atoms with Gasteiger partial charge in [-0.1, -0.05) is 0 Å². The lowest BCUT2D eigenvalue weighted by atomic mass is 9.92. The van der Waals surface area contributed by atoms with E-state index >= 15 is 0 Å². The lowest BCUT2D eigenvalue weighted by molar-refractivity contribution is 0.0890. The SMILES string of the molecule is O=C(NC1CCC(Oc2cnccn2)CC1)c1ccc(-n2cccc2)cc1. The number of nitrogens with one attached hydrogen (secondary N) is 1. The summed E-state index contributed by atoms with van der Waals surface area (Å²) in [5.74, 6) is 0.542. The van der Waals surface area contributed by atoms with Crippen molar-refractivity contribution in [3.05, 3.63) is 72.9 Å². The van der Waals surface area contributed by atoms with Gasteiger partial charge in [0.05, 0.1) is 6.20 Å². The van der Waals surface area contributed by atoms with E-state index in [0.717, 1.165) is 31.4 Å². The van der Waals surface area contributed by atoms with Gasteiger partial charge in [-0.05, 0) is 62.1 Å². The van der Waals surface area contributed by atoms with Crippen molar-refractivity contribution in [3.63, 3.8) is 0 Å². The maximum atomic E-state index is 12.5. The normalized spacial score (nSPS) is 19.4. The molecule has 1 N–H and O–H groups in total. The Balaban J connectivity index is 1.28. The van der Waals surface area contributed by atoms with E-state index in [1.807, 2.05) is 53.4 Å². The summed E-state index contributed by atoms with van der Waals surface area (Å²) >= 11 is 0. The fourth-order valence-corrected chi connectivity index (χ4v) is 3.40. The van der Waals surface area contributed by atoms with Crippen molar-refractivity contribution in [2.75, 3.05) is 0 Å². The first-order valence-corrected chi connectivity index (χ1v) is 9.25. The van der Waals surface area contributed by atoms with Crippen molar-refractivity contribution >= 4 is 5.91 Å². The summed E-state index contributed by atoms with van der Waals surface area (Å²) in [6.07, 6.45) is 12.6. The number of benzene rings is 1. The number of amides is 1. The Morgan fingerprint density at radius 2 is 1.78 bits per heavy atom. The molecule has 3 aromatic rings. The molecule has 2 heterocycles. The highest BCUT2D eigenvalue weighted by molar-refractivity contribution is 5.94. The third-order valence-corrected chi connectivity index (χ3v) is 4.87. The van der Waals surface area contributed by atoms with Crippen molar-refractivity contribution in [3.8, 4) is 11.6 Å². The van der Waals surface area contributed by atoms with Gasteiger partial charge in [0, 0.05) is 42.1 Å². The highest BCUT2D eigenvalue weighted by Crippen LogP contribution is 2.23. The van der Waals surface area contributed by atoms with Gasteiger partial charge in [0.1, 0.15) is 6.10 Å². The second-order valence-corrected chi connectivity index (χ2v) is 6.75. The number of carbonyl (C=O) groups excluding carboxylic acids is 1. The van der Waals surface area contributed by atoms with E-state index in [9.17, 15) is 4.79 Å². The molecular formula is C21H22N4O2. The second-order valence-electron chi connectivity index (χ2n) is 6.75. The highest BCUT2D eigenvalue weighted by atomic mass is 16.5. The molecule has 1 fully saturated rings.